The van der Waals surface area contributed by atoms with Crippen molar-refractivity contribution in [2.45, 2.75) is 24.8 Å². The Balaban J connectivity index is 1.56. The third-order valence-corrected chi connectivity index (χ3v) is 6.49. The SMILES string of the molecule is O=C1C[C@@H](c2ccco2)CC2=C1[C@@H](c1ccco1)N(C(=O)c1ccccc1)c1ccccc1N2. The van der Waals surface area contributed by atoms with Crippen molar-refractivity contribution in [2.75, 3.05) is 10.2 Å². The van der Waals surface area contributed by atoms with Crippen LogP contribution in [0.1, 0.15) is 46.7 Å². The second-order valence-corrected chi connectivity index (χ2v) is 8.54. The van der Waals surface area contributed by atoms with Gasteiger partial charge in [0.25, 0.3) is 5.91 Å². The van der Waals surface area contributed by atoms with Gasteiger partial charge in [-0.3, -0.25) is 14.5 Å². The molecule has 2 aromatic heterocycles. The highest BCUT2D eigenvalue weighted by atomic mass is 16.3. The first-order valence-electron chi connectivity index (χ1n) is 11.3. The Morgan fingerprint density at radius 3 is 2.26 bits per heavy atom. The molecule has 1 N–H and O–H groups in total. The molecule has 0 spiro atoms. The molecule has 0 saturated heterocycles. The zero-order valence-electron chi connectivity index (χ0n) is 18.3. The van der Waals surface area contributed by atoms with E-state index in [2.05, 4.69) is 5.32 Å². The number of benzene rings is 2. The number of carbonyl (C=O) groups is 2. The third-order valence-electron chi connectivity index (χ3n) is 6.49. The van der Waals surface area contributed by atoms with E-state index < -0.39 is 6.04 Å². The Bertz CT molecular complexity index is 1370. The molecule has 6 nitrogen and oxygen atoms in total. The molecule has 34 heavy (non-hydrogen) atoms. The normalized spacial score (nSPS) is 19.8. The molecule has 168 valence electrons. The molecule has 6 rings (SSSR count). The molecule has 0 radical (unpaired) electrons. The molecule has 0 unspecified atom stereocenters. The number of fused-ring (bicyclic) bond motifs is 1. The average molecular weight is 450 g/mol. The standard InChI is InChI=1S/C28H22N2O4/c31-23-17-19(24-12-6-14-33-24)16-21-26(23)27(25-13-7-15-34-25)30(22-11-5-4-10-20(22)29-21)28(32)18-8-2-1-3-9-18/h1-15,19,27,29H,16-17H2/t19-,27+/m0/s1. The van der Waals surface area contributed by atoms with Crippen molar-refractivity contribution in [3.05, 3.63) is 120 Å². The molecule has 3 heterocycles. The van der Waals surface area contributed by atoms with Crippen LogP contribution in [0.3, 0.4) is 0 Å². The Morgan fingerprint density at radius 2 is 1.53 bits per heavy atom. The summed E-state index contributed by atoms with van der Waals surface area (Å²) in [4.78, 5) is 29.4. The second-order valence-electron chi connectivity index (χ2n) is 8.54. The van der Waals surface area contributed by atoms with Gasteiger partial charge in [0.05, 0.1) is 23.9 Å². The number of rotatable bonds is 3. The van der Waals surface area contributed by atoms with Crippen LogP contribution in [0.4, 0.5) is 11.4 Å². The summed E-state index contributed by atoms with van der Waals surface area (Å²) < 4.78 is 11.5. The molecule has 1 amide bonds. The fraction of sp³-hybridized carbons (Fsp3) is 0.143. The molecular weight excluding hydrogens is 428 g/mol. The summed E-state index contributed by atoms with van der Waals surface area (Å²) >= 11 is 0. The Morgan fingerprint density at radius 1 is 0.824 bits per heavy atom. The molecule has 1 aliphatic carbocycles. The topological polar surface area (TPSA) is 75.7 Å². The van der Waals surface area contributed by atoms with Crippen molar-refractivity contribution in [1.29, 1.82) is 0 Å². The highest BCUT2D eigenvalue weighted by Crippen LogP contribution is 2.47. The Kier molecular flexibility index (Phi) is 4.91. The first-order chi connectivity index (χ1) is 16.7. The number of nitrogens with zero attached hydrogens (tertiary/aromatic N) is 1. The summed E-state index contributed by atoms with van der Waals surface area (Å²) in [5.74, 6) is 1.02. The molecule has 4 aromatic rings. The van der Waals surface area contributed by atoms with E-state index in [1.165, 1.54) is 0 Å². The lowest BCUT2D eigenvalue weighted by Crippen LogP contribution is -2.38. The number of allylic oxidation sites excluding steroid dienone is 1. The first kappa shape index (κ1) is 20.3. The number of nitrogens with one attached hydrogen (secondary N) is 1. The lowest BCUT2D eigenvalue weighted by molar-refractivity contribution is -0.116. The van der Waals surface area contributed by atoms with E-state index >= 15 is 0 Å². The minimum absolute atomic E-state index is 0.0322. The summed E-state index contributed by atoms with van der Waals surface area (Å²) in [7, 11) is 0. The molecule has 2 atom stereocenters. The van der Waals surface area contributed by atoms with Crippen LogP contribution in [0.15, 0.2) is 111 Å². The number of hydrogen-bond donors (Lipinski definition) is 1. The van der Waals surface area contributed by atoms with Crippen molar-refractivity contribution in [3.8, 4) is 0 Å². The van der Waals surface area contributed by atoms with Gasteiger partial charge < -0.3 is 14.2 Å². The average Bonchev–Trinajstić information content (AvgIpc) is 3.57. The Hall–Kier alpha value is -4.32. The van der Waals surface area contributed by atoms with Gasteiger partial charge in [0.1, 0.15) is 17.6 Å². The summed E-state index contributed by atoms with van der Waals surface area (Å²) in [6, 6.07) is 23.4. The maximum Gasteiger partial charge on any atom is 0.259 e. The van der Waals surface area contributed by atoms with Gasteiger partial charge in [-0.15, -0.1) is 0 Å². The van der Waals surface area contributed by atoms with E-state index in [9.17, 15) is 9.59 Å². The number of para-hydroxylation sites is 2. The lowest BCUT2D eigenvalue weighted by Gasteiger charge is -2.33. The van der Waals surface area contributed by atoms with E-state index in [1.54, 1.807) is 35.6 Å². The summed E-state index contributed by atoms with van der Waals surface area (Å²) in [6.45, 7) is 0. The van der Waals surface area contributed by atoms with E-state index in [-0.39, 0.29) is 17.6 Å². The molecule has 2 aliphatic rings. The van der Waals surface area contributed by atoms with Crippen molar-refractivity contribution in [2.24, 2.45) is 0 Å². The van der Waals surface area contributed by atoms with Crippen LogP contribution in [0, 0.1) is 0 Å². The fourth-order valence-electron chi connectivity index (χ4n) is 4.97. The molecule has 2 aromatic carbocycles. The van der Waals surface area contributed by atoms with Crippen molar-refractivity contribution >= 4 is 23.1 Å². The number of hydrogen-bond acceptors (Lipinski definition) is 5. The highest BCUT2D eigenvalue weighted by Gasteiger charge is 2.43. The van der Waals surface area contributed by atoms with Gasteiger partial charge in [0, 0.05) is 29.2 Å². The lowest BCUT2D eigenvalue weighted by atomic mass is 9.81. The van der Waals surface area contributed by atoms with Crippen molar-refractivity contribution in [1.82, 2.24) is 0 Å². The third kappa shape index (κ3) is 3.35. The molecule has 6 heteroatoms. The van der Waals surface area contributed by atoms with Gasteiger partial charge in [-0.2, -0.15) is 0 Å². The van der Waals surface area contributed by atoms with Gasteiger partial charge in [-0.05, 0) is 55.0 Å². The highest BCUT2D eigenvalue weighted by molar-refractivity contribution is 6.11. The first-order valence-corrected chi connectivity index (χ1v) is 11.3. The monoisotopic (exact) mass is 450 g/mol. The largest absolute Gasteiger partial charge is 0.469 e. The predicted molar refractivity (Wildman–Crippen MR) is 127 cm³/mol. The number of amides is 1. The second kappa shape index (κ2) is 8.23. The molecule has 1 aliphatic heterocycles. The molecule has 0 fully saturated rings. The quantitative estimate of drug-likeness (QED) is 0.409. The van der Waals surface area contributed by atoms with Crippen LogP contribution in [0.25, 0.3) is 0 Å². The minimum atomic E-state index is -0.695. The molecule has 0 saturated carbocycles. The van der Waals surface area contributed by atoms with E-state index in [0.29, 0.717) is 35.4 Å². The van der Waals surface area contributed by atoms with E-state index in [0.717, 1.165) is 17.1 Å². The zero-order valence-corrected chi connectivity index (χ0v) is 18.3. The fourth-order valence-corrected chi connectivity index (χ4v) is 4.97. The smallest absolute Gasteiger partial charge is 0.259 e. The number of Topliss-reactive ketones (excluding diaryl/α,β-unsaturated/α-hetero) is 1. The van der Waals surface area contributed by atoms with Crippen molar-refractivity contribution < 1.29 is 18.4 Å². The van der Waals surface area contributed by atoms with Crippen LogP contribution in [-0.4, -0.2) is 11.7 Å². The van der Waals surface area contributed by atoms with Crippen LogP contribution in [0.2, 0.25) is 0 Å². The van der Waals surface area contributed by atoms with Gasteiger partial charge in [-0.1, -0.05) is 30.3 Å². The summed E-state index contributed by atoms with van der Waals surface area (Å²) in [5, 5.41) is 3.49. The number of anilines is 2. The predicted octanol–water partition coefficient (Wildman–Crippen LogP) is 6.09. The number of ketones is 1. The number of furan rings is 2. The van der Waals surface area contributed by atoms with E-state index in [1.807, 2.05) is 60.7 Å². The van der Waals surface area contributed by atoms with Crippen LogP contribution in [-0.2, 0) is 4.79 Å². The number of carbonyl (C=O) groups excluding carboxylic acids is 2. The molecule has 0 bridgehead atoms. The molecular formula is C28H22N2O4. The van der Waals surface area contributed by atoms with Gasteiger partial charge in [-0.25, -0.2) is 0 Å². The summed E-state index contributed by atoms with van der Waals surface area (Å²) in [6.07, 6.45) is 4.10. The summed E-state index contributed by atoms with van der Waals surface area (Å²) in [5.41, 5.74) is 3.33. The zero-order chi connectivity index (χ0) is 23.1. The maximum atomic E-state index is 14.0. The maximum absolute atomic E-state index is 14.0. The van der Waals surface area contributed by atoms with Gasteiger partial charge >= 0.3 is 0 Å². The van der Waals surface area contributed by atoms with E-state index in [4.69, 9.17) is 8.83 Å². The van der Waals surface area contributed by atoms with Crippen molar-refractivity contribution in [3.63, 3.8) is 0 Å². The van der Waals surface area contributed by atoms with Crippen LogP contribution < -0.4 is 10.2 Å². The Labute approximate surface area is 196 Å². The van der Waals surface area contributed by atoms with Gasteiger partial charge in [0.15, 0.2) is 5.78 Å². The van der Waals surface area contributed by atoms with Crippen LogP contribution in [0.5, 0.6) is 0 Å². The van der Waals surface area contributed by atoms with Gasteiger partial charge in [0.2, 0.25) is 0 Å². The van der Waals surface area contributed by atoms with Crippen LogP contribution >= 0.6 is 0 Å². The minimum Gasteiger partial charge on any atom is -0.469 e.